The van der Waals surface area contributed by atoms with Gasteiger partial charge in [-0.05, 0) is 32.0 Å². The molecule has 2 aromatic rings. The molecule has 1 amide bonds. The van der Waals surface area contributed by atoms with E-state index in [1.165, 1.54) is 4.68 Å². The van der Waals surface area contributed by atoms with E-state index in [1.807, 2.05) is 6.92 Å². The normalized spacial score (nSPS) is 12.3. The third kappa shape index (κ3) is 3.68. The molecule has 3 N–H and O–H groups in total. The minimum Gasteiger partial charge on any atom is -0.343 e. The molecule has 0 fully saturated rings. The quantitative estimate of drug-likeness (QED) is 0.798. The van der Waals surface area contributed by atoms with Crippen LogP contribution in [-0.4, -0.2) is 40.2 Å². The Morgan fingerprint density at radius 1 is 1.30 bits per heavy atom. The molecular weight excluding hydrogens is 296 g/mol. The van der Waals surface area contributed by atoms with Crippen LogP contribution < -0.4 is 16.9 Å². The predicted molar refractivity (Wildman–Crippen MR) is 89.3 cm³/mol. The van der Waals surface area contributed by atoms with Gasteiger partial charge in [0.25, 0.3) is 11.1 Å². The maximum absolute atomic E-state index is 12.4. The maximum atomic E-state index is 12.4. The number of aryl methyl sites for hydroxylation is 1. The second kappa shape index (κ2) is 7.23. The first-order chi connectivity index (χ1) is 11.0. The Balaban J connectivity index is 2.17. The van der Waals surface area contributed by atoms with Gasteiger partial charge in [0.15, 0.2) is 0 Å². The molecule has 0 aliphatic heterocycles. The molecule has 1 unspecified atom stereocenters. The monoisotopic (exact) mass is 318 g/mol. The standard InChI is InChI=1S/C16H22N4O3/c1-11(7-9-17)19(2)14(21)8-10-20-16(23)13-6-4-3-5-12(13)15(22)18-20/h3-6,11H,7-10,17H2,1-2H3,(H,18,22). The van der Waals surface area contributed by atoms with Crippen LogP contribution in [0.5, 0.6) is 0 Å². The van der Waals surface area contributed by atoms with E-state index in [9.17, 15) is 14.4 Å². The average molecular weight is 318 g/mol. The zero-order chi connectivity index (χ0) is 17.0. The molecule has 1 heterocycles. The summed E-state index contributed by atoms with van der Waals surface area (Å²) >= 11 is 0. The molecule has 0 saturated heterocycles. The number of H-pyrrole nitrogens is 1. The molecule has 7 heteroatoms. The number of rotatable bonds is 6. The number of nitrogens with two attached hydrogens (primary N) is 1. The number of amides is 1. The molecule has 124 valence electrons. The van der Waals surface area contributed by atoms with Crippen molar-refractivity contribution in [3.05, 3.63) is 45.0 Å². The van der Waals surface area contributed by atoms with Crippen LogP contribution in [0.15, 0.2) is 33.9 Å². The first-order valence-electron chi connectivity index (χ1n) is 7.63. The lowest BCUT2D eigenvalue weighted by atomic mass is 10.2. The van der Waals surface area contributed by atoms with Gasteiger partial charge in [0.05, 0.1) is 17.3 Å². The zero-order valence-corrected chi connectivity index (χ0v) is 13.4. The van der Waals surface area contributed by atoms with Crippen molar-refractivity contribution in [2.75, 3.05) is 13.6 Å². The van der Waals surface area contributed by atoms with Gasteiger partial charge in [-0.1, -0.05) is 12.1 Å². The first kappa shape index (κ1) is 17.0. The van der Waals surface area contributed by atoms with E-state index >= 15 is 0 Å². The molecule has 0 bridgehead atoms. The summed E-state index contributed by atoms with van der Waals surface area (Å²) in [7, 11) is 1.72. The first-order valence-corrected chi connectivity index (χ1v) is 7.63. The van der Waals surface area contributed by atoms with Crippen LogP contribution in [0.25, 0.3) is 10.8 Å². The number of hydrogen-bond donors (Lipinski definition) is 2. The van der Waals surface area contributed by atoms with Crippen LogP contribution >= 0.6 is 0 Å². The second-order valence-electron chi connectivity index (χ2n) is 5.62. The van der Waals surface area contributed by atoms with Gasteiger partial charge in [-0.3, -0.25) is 19.5 Å². The Hall–Kier alpha value is -2.41. The van der Waals surface area contributed by atoms with Gasteiger partial charge in [-0.25, -0.2) is 4.68 Å². The summed E-state index contributed by atoms with van der Waals surface area (Å²) in [5.41, 5.74) is 4.86. The SMILES string of the molecule is CC(CCN)N(C)C(=O)CCn1[nH]c(=O)c2ccccc2c1=O. The summed E-state index contributed by atoms with van der Waals surface area (Å²) in [5.74, 6) is -0.0909. The van der Waals surface area contributed by atoms with Crippen molar-refractivity contribution in [3.8, 4) is 0 Å². The van der Waals surface area contributed by atoms with Crippen LogP contribution in [-0.2, 0) is 11.3 Å². The molecular formula is C16H22N4O3. The highest BCUT2D eigenvalue weighted by Gasteiger charge is 2.15. The second-order valence-corrected chi connectivity index (χ2v) is 5.62. The van der Waals surface area contributed by atoms with E-state index in [-0.39, 0.29) is 36.0 Å². The lowest BCUT2D eigenvalue weighted by molar-refractivity contribution is -0.132. The van der Waals surface area contributed by atoms with E-state index in [2.05, 4.69) is 5.10 Å². The Morgan fingerprint density at radius 3 is 2.61 bits per heavy atom. The number of aromatic amines is 1. The fourth-order valence-corrected chi connectivity index (χ4v) is 2.47. The highest BCUT2D eigenvalue weighted by Crippen LogP contribution is 2.05. The number of benzene rings is 1. The van der Waals surface area contributed by atoms with Crippen molar-refractivity contribution in [3.63, 3.8) is 0 Å². The minimum atomic E-state index is -0.336. The van der Waals surface area contributed by atoms with Gasteiger partial charge in [-0.2, -0.15) is 0 Å². The Labute approximate surface area is 133 Å². The number of aromatic nitrogens is 2. The minimum absolute atomic E-state index is 0.0416. The molecule has 1 atom stereocenters. The molecule has 0 aliphatic rings. The molecule has 2 rings (SSSR count). The Kier molecular flexibility index (Phi) is 5.33. The number of carbonyl (C=O) groups is 1. The largest absolute Gasteiger partial charge is 0.343 e. The number of nitrogens with zero attached hydrogens (tertiary/aromatic N) is 2. The summed E-state index contributed by atoms with van der Waals surface area (Å²) in [6.45, 7) is 2.57. The topological polar surface area (TPSA) is 101 Å². The van der Waals surface area contributed by atoms with E-state index in [0.717, 1.165) is 6.42 Å². The Bertz CT molecular complexity index is 809. The third-order valence-corrected chi connectivity index (χ3v) is 4.07. The molecule has 1 aromatic heterocycles. The highest BCUT2D eigenvalue weighted by atomic mass is 16.2. The maximum Gasteiger partial charge on any atom is 0.273 e. The number of nitrogens with one attached hydrogen (secondary N) is 1. The fraction of sp³-hybridized carbons (Fsp3) is 0.438. The van der Waals surface area contributed by atoms with Gasteiger partial charge in [-0.15, -0.1) is 0 Å². The van der Waals surface area contributed by atoms with Crippen molar-refractivity contribution >= 4 is 16.7 Å². The van der Waals surface area contributed by atoms with Crippen LogP contribution in [0, 0.1) is 0 Å². The molecule has 23 heavy (non-hydrogen) atoms. The van der Waals surface area contributed by atoms with E-state index in [0.29, 0.717) is 17.3 Å². The fourth-order valence-electron chi connectivity index (χ4n) is 2.47. The molecule has 7 nitrogen and oxygen atoms in total. The molecule has 1 aromatic carbocycles. The van der Waals surface area contributed by atoms with Crippen molar-refractivity contribution in [2.45, 2.75) is 32.4 Å². The van der Waals surface area contributed by atoms with Gasteiger partial charge < -0.3 is 10.6 Å². The van der Waals surface area contributed by atoms with Crippen molar-refractivity contribution in [1.82, 2.24) is 14.7 Å². The number of fused-ring (bicyclic) bond motifs is 1. The number of carbonyl (C=O) groups excluding carboxylic acids is 1. The van der Waals surface area contributed by atoms with Gasteiger partial charge in [0, 0.05) is 19.5 Å². The summed E-state index contributed by atoms with van der Waals surface area (Å²) in [6, 6.07) is 6.67. The van der Waals surface area contributed by atoms with E-state index in [1.54, 1.807) is 36.2 Å². The summed E-state index contributed by atoms with van der Waals surface area (Å²) in [4.78, 5) is 38.1. The smallest absolute Gasteiger partial charge is 0.273 e. The molecule has 0 radical (unpaired) electrons. The lowest BCUT2D eigenvalue weighted by Gasteiger charge is -2.24. The van der Waals surface area contributed by atoms with Crippen molar-refractivity contribution in [1.29, 1.82) is 0 Å². The average Bonchev–Trinajstić information content (AvgIpc) is 2.56. The lowest BCUT2D eigenvalue weighted by Crippen LogP contribution is -2.38. The Morgan fingerprint density at radius 2 is 1.96 bits per heavy atom. The predicted octanol–water partition coefficient (Wildman–Crippen LogP) is 0.276. The zero-order valence-electron chi connectivity index (χ0n) is 13.4. The highest BCUT2D eigenvalue weighted by molar-refractivity contribution is 5.80. The van der Waals surface area contributed by atoms with Crippen LogP contribution in [0.1, 0.15) is 19.8 Å². The van der Waals surface area contributed by atoms with Crippen LogP contribution in [0.3, 0.4) is 0 Å². The number of hydrogen-bond acceptors (Lipinski definition) is 4. The van der Waals surface area contributed by atoms with E-state index in [4.69, 9.17) is 5.73 Å². The third-order valence-electron chi connectivity index (χ3n) is 4.07. The van der Waals surface area contributed by atoms with Crippen LogP contribution in [0.4, 0.5) is 0 Å². The summed E-state index contributed by atoms with van der Waals surface area (Å²) < 4.78 is 1.20. The van der Waals surface area contributed by atoms with Crippen molar-refractivity contribution in [2.24, 2.45) is 5.73 Å². The van der Waals surface area contributed by atoms with Gasteiger partial charge >= 0.3 is 0 Å². The molecule has 0 spiro atoms. The van der Waals surface area contributed by atoms with Crippen LogP contribution in [0.2, 0.25) is 0 Å². The van der Waals surface area contributed by atoms with E-state index < -0.39 is 0 Å². The van der Waals surface area contributed by atoms with Crippen molar-refractivity contribution < 1.29 is 4.79 Å². The summed E-state index contributed by atoms with van der Waals surface area (Å²) in [6.07, 6.45) is 0.856. The molecule has 0 saturated carbocycles. The molecule has 0 aliphatic carbocycles. The van der Waals surface area contributed by atoms with Gasteiger partial charge in [0.2, 0.25) is 5.91 Å². The van der Waals surface area contributed by atoms with Gasteiger partial charge in [0.1, 0.15) is 0 Å². The summed E-state index contributed by atoms with van der Waals surface area (Å²) in [5, 5.41) is 3.24.